The first-order valence-corrected chi connectivity index (χ1v) is 7.63. The van der Waals surface area contributed by atoms with Crippen LogP contribution >= 0.6 is 0 Å². The van der Waals surface area contributed by atoms with Crippen LogP contribution in [0.1, 0.15) is 45.4 Å². The van der Waals surface area contributed by atoms with E-state index in [1.54, 1.807) is 6.26 Å². The van der Waals surface area contributed by atoms with Crippen molar-refractivity contribution in [3.8, 4) is 0 Å². The fourth-order valence-corrected chi connectivity index (χ4v) is 1.91. The second kappa shape index (κ2) is 12.6. The minimum Gasteiger partial charge on any atom is -0.550 e. The quantitative estimate of drug-likeness (QED) is 0.209. The number of ether oxygens (including phenoxy) is 1. The molecule has 0 amide bonds. The lowest BCUT2D eigenvalue weighted by molar-refractivity contribution is -0.961. The Labute approximate surface area is 127 Å². The summed E-state index contributed by atoms with van der Waals surface area (Å²) in [6.07, 6.45) is 9.21. The molecule has 124 valence electrons. The van der Waals surface area contributed by atoms with Gasteiger partial charge in [0.05, 0.1) is 12.8 Å². The summed E-state index contributed by atoms with van der Waals surface area (Å²) in [7, 11) is 0. The zero-order chi connectivity index (χ0) is 16.0. The van der Waals surface area contributed by atoms with Gasteiger partial charge in [-0.3, -0.25) is 4.48 Å². The summed E-state index contributed by atoms with van der Waals surface area (Å²) in [6, 6.07) is 0. The van der Waals surface area contributed by atoms with Crippen LogP contribution in [0, 0.1) is 0 Å². The lowest BCUT2D eigenvalue weighted by Gasteiger charge is -2.34. The molecule has 2 N–H and O–H groups in total. The number of carbonyl (C=O) groups is 1. The minimum atomic E-state index is -1.19. The van der Waals surface area contributed by atoms with Gasteiger partial charge in [0.15, 0.2) is 13.5 Å². The molecule has 6 heteroatoms. The normalized spacial score (nSPS) is 12.0. The topological polar surface area (TPSA) is 89.8 Å². The van der Waals surface area contributed by atoms with Crippen LogP contribution < -0.4 is 5.11 Å². The molecule has 6 nitrogen and oxygen atoms in total. The average molecular weight is 303 g/mol. The van der Waals surface area contributed by atoms with Gasteiger partial charge < -0.3 is 24.9 Å². The summed E-state index contributed by atoms with van der Waals surface area (Å²) in [5.74, 6) is -1.19. The number of carbonyl (C=O) groups excluding carboxylic acids is 1. The van der Waals surface area contributed by atoms with Crippen LogP contribution in [0.5, 0.6) is 0 Å². The number of aliphatic hydroxyl groups is 2. The fourth-order valence-electron chi connectivity index (χ4n) is 1.91. The van der Waals surface area contributed by atoms with Crippen molar-refractivity contribution >= 4 is 5.97 Å². The molecule has 0 aliphatic rings. The maximum Gasteiger partial charge on any atom is 0.182 e. The predicted molar refractivity (Wildman–Crippen MR) is 77.6 cm³/mol. The van der Waals surface area contributed by atoms with E-state index >= 15 is 0 Å². The Morgan fingerprint density at radius 2 is 1.90 bits per heavy atom. The molecule has 0 aromatic carbocycles. The molecule has 0 aliphatic carbocycles. The Kier molecular flexibility index (Phi) is 12.0. The molecule has 0 atom stereocenters. The highest BCUT2D eigenvalue weighted by atomic mass is 16.5. The third-order valence-corrected chi connectivity index (χ3v) is 3.49. The first-order chi connectivity index (χ1) is 10.1. The zero-order valence-corrected chi connectivity index (χ0v) is 13.0. The molecule has 0 saturated heterocycles. The number of allylic oxidation sites excluding steroid dienone is 1. The summed E-state index contributed by atoms with van der Waals surface area (Å²) in [5.41, 5.74) is 0. The predicted octanol–water partition coefficient (Wildman–Crippen LogP) is 0.344. The van der Waals surface area contributed by atoms with Gasteiger partial charge in [-0.2, -0.15) is 0 Å². The second-order valence-electron chi connectivity index (χ2n) is 5.29. The number of aliphatic carboxylic acids is 1. The SMILES string of the molecule is CCCCCC/C=C/OCC[N+](CO)(CO)CCC(=O)[O-]. The molecule has 0 heterocycles. The van der Waals surface area contributed by atoms with Crippen molar-refractivity contribution < 1.29 is 29.3 Å². The minimum absolute atomic E-state index is 0.113. The van der Waals surface area contributed by atoms with Gasteiger partial charge in [-0.25, -0.2) is 0 Å². The van der Waals surface area contributed by atoms with Crippen LogP contribution in [-0.2, 0) is 9.53 Å². The third kappa shape index (κ3) is 10.3. The van der Waals surface area contributed by atoms with Gasteiger partial charge in [-0.05, 0) is 18.9 Å². The number of carboxylic acids is 1. The molecule has 21 heavy (non-hydrogen) atoms. The smallest absolute Gasteiger partial charge is 0.182 e. The number of hydrogen-bond acceptors (Lipinski definition) is 5. The van der Waals surface area contributed by atoms with Crippen molar-refractivity contribution in [3.63, 3.8) is 0 Å². The first kappa shape index (κ1) is 19.9. The van der Waals surface area contributed by atoms with E-state index in [4.69, 9.17) is 4.74 Å². The van der Waals surface area contributed by atoms with E-state index in [0.29, 0.717) is 13.2 Å². The highest BCUT2D eigenvalue weighted by molar-refractivity contribution is 5.64. The van der Waals surface area contributed by atoms with Crippen LogP contribution in [0.25, 0.3) is 0 Å². The Balaban J connectivity index is 3.87. The van der Waals surface area contributed by atoms with Gasteiger partial charge in [-0.1, -0.05) is 26.2 Å². The number of carboxylic acid groups (broad SMARTS) is 1. The van der Waals surface area contributed by atoms with Crippen LogP contribution in [0.4, 0.5) is 0 Å². The lowest BCUT2D eigenvalue weighted by Crippen LogP contribution is -2.53. The van der Waals surface area contributed by atoms with Crippen LogP contribution in [0.2, 0.25) is 0 Å². The maximum absolute atomic E-state index is 10.5. The van der Waals surface area contributed by atoms with Gasteiger partial charge in [0, 0.05) is 12.4 Å². The van der Waals surface area contributed by atoms with Crippen molar-refractivity contribution in [1.29, 1.82) is 0 Å². The van der Waals surface area contributed by atoms with E-state index in [-0.39, 0.29) is 30.9 Å². The Morgan fingerprint density at radius 1 is 1.19 bits per heavy atom. The summed E-state index contributed by atoms with van der Waals surface area (Å²) >= 11 is 0. The van der Waals surface area contributed by atoms with Gasteiger partial charge in [0.2, 0.25) is 0 Å². The Bertz CT molecular complexity index is 290. The van der Waals surface area contributed by atoms with Gasteiger partial charge in [0.25, 0.3) is 0 Å². The maximum atomic E-state index is 10.5. The van der Waals surface area contributed by atoms with E-state index in [1.807, 2.05) is 6.08 Å². The molecule has 0 aromatic rings. The second-order valence-corrected chi connectivity index (χ2v) is 5.29. The lowest BCUT2D eigenvalue weighted by atomic mass is 10.1. The number of hydrogen-bond donors (Lipinski definition) is 2. The summed E-state index contributed by atoms with van der Waals surface area (Å²) in [4.78, 5) is 10.5. The highest BCUT2D eigenvalue weighted by Gasteiger charge is 2.25. The van der Waals surface area contributed by atoms with Gasteiger partial charge in [0.1, 0.15) is 13.2 Å². The van der Waals surface area contributed by atoms with E-state index in [0.717, 1.165) is 12.8 Å². The molecule has 0 bridgehead atoms. The molecular weight excluding hydrogens is 274 g/mol. The van der Waals surface area contributed by atoms with E-state index in [9.17, 15) is 20.1 Å². The summed E-state index contributed by atoms with van der Waals surface area (Å²) in [5, 5.41) is 29.2. The first-order valence-electron chi connectivity index (χ1n) is 7.63. The molecular formula is C15H29NO5. The summed E-state index contributed by atoms with van der Waals surface area (Å²) in [6.45, 7) is 2.31. The van der Waals surface area contributed by atoms with E-state index in [2.05, 4.69) is 6.92 Å². The number of quaternary nitrogens is 1. The van der Waals surface area contributed by atoms with E-state index < -0.39 is 5.97 Å². The zero-order valence-electron chi connectivity index (χ0n) is 13.0. The Morgan fingerprint density at radius 3 is 2.48 bits per heavy atom. The van der Waals surface area contributed by atoms with Crippen LogP contribution in [-0.4, -0.2) is 53.8 Å². The standard InChI is InChI=1S/C15H29NO5/c1-2-3-4-5-6-7-11-21-12-10-16(13-17,14-18)9-8-15(19)20/h7,11,17-18H,2-6,8-10,12-14H2,1H3/b11-7+. The molecule has 0 aromatic heterocycles. The van der Waals surface area contributed by atoms with Crippen LogP contribution in [0.3, 0.4) is 0 Å². The van der Waals surface area contributed by atoms with Gasteiger partial charge in [-0.15, -0.1) is 0 Å². The summed E-state index contributed by atoms with van der Waals surface area (Å²) < 4.78 is 5.21. The molecule has 0 spiro atoms. The molecule has 0 rings (SSSR count). The number of unbranched alkanes of at least 4 members (excludes halogenated alkanes) is 4. The number of aliphatic hydroxyl groups excluding tert-OH is 2. The number of rotatable bonds is 14. The molecule has 0 radical (unpaired) electrons. The molecule has 0 saturated carbocycles. The van der Waals surface area contributed by atoms with Gasteiger partial charge >= 0.3 is 0 Å². The van der Waals surface area contributed by atoms with Crippen molar-refractivity contribution in [2.24, 2.45) is 0 Å². The highest BCUT2D eigenvalue weighted by Crippen LogP contribution is 2.06. The average Bonchev–Trinajstić information content (AvgIpc) is 2.49. The van der Waals surface area contributed by atoms with Crippen molar-refractivity contribution in [2.45, 2.75) is 45.4 Å². The fraction of sp³-hybridized carbons (Fsp3) is 0.800. The van der Waals surface area contributed by atoms with Crippen molar-refractivity contribution in [3.05, 3.63) is 12.3 Å². The molecule has 0 aliphatic heterocycles. The van der Waals surface area contributed by atoms with E-state index in [1.165, 1.54) is 19.3 Å². The van der Waals surface area contributed by atoms with Crippen LogP contribution in [0.15, 0.2) is 12.3 Å². The van der Waals surface area contributed by atoms with Crippen molar-refractivity contribution in [1.82, 2.24) is 0 Å². The molecule has 0 unspecified atom stereocenters. The molecule has 0 fully saturated rings. The third-order valence-electron chi connectivity index (χ3n) is 3.49. The van der Waals surface area contributed by atoms with Crippen molar-refractivity contribution in [2.75, 3.05) is 33.2 Å². The Hall–Kier alpha value is -1.11. The largest absolute Gasteiger partial charge is 0.550 e. The number of nitrogens with zero attached hydrogens (tertiary/aromatic N) is 1. The monoisotopic (exact) mass is 303 g/mol.